The Labute approximate surface area is 82.0 Å². The van der Waals surface area contributed by atoms with Gasteiger partial charge in [-0.25, -0.2) is 4.79 Å². The molecule has 1 unspecified atom stereocenters. The van der Waals surface area contributed by atoms with E-state index >= 15 is 0 Å². The van der Waals surface area contributed by atoms with E-state index in [0.717, 1.165) is 12.8 Å². The summed E-state index contributed by atoms with van der Waals surface area (Å²) in [7, 11) is 0. The molecule has 0 rings (SSSR count). The molecule has 12 heavy (non-hydrogen) atoms. The van der Waals surface area contributed by atoms with Gasteiger partial charge in [0.25, 0.3) is 0 Å². The molecule has 0 radical (unpaired) electrons. The summed E-state index contributed by atoms with van der Waals surface area (Å²) >= 11 is 3.22. The van der Waals surface area contributed by atoms with Crippen molar-refractivity contribution in [1.82, 2.24) is 5.32 Å². The van der Waals surface area contributed by atoms with Crippen molar-refractivity contribution in [2.45, 2.75) is 32.8 Å². The average molecular weight is 238 g/mol. The lowest BCUT2D eigenvalue weighted by molar-refractivity contribution is 0.118. The van der Waals surface area contributed by atoms with Gasteiger partial charge in [-0.1, -0.05) is 29.3 Å². The number of alkyl halides is 1. The van der Waals surface area contributed by atoms with E-state index in [1.807, 2.05) is 6.92 Å². The third-order valence-electron chi connectivity index (χ3n) is 1.33. The van der Waals surface area contributed by atoms with Crippen molar-refractivity contribution < 1.29 is 9.53 Å². The fourth-order valence-electron chi connectivity index (χ4n) is 0.623. The molecule has 0 aromatic rings. The van der Waals surface area contributed by atoms with Crippen LogP contribution in [0.3, 0.4) is 0 Å². The first-order valence-corrected chi connectivity index (χ1v) is 5.33. The Morgan fingerprint density at radius 2 is 2.33 bits per heavy atom. The van der Waals surface area contributed by atoms with Crippen molar-refractivity contribution in [3.05, 3.63) is 0 Å². The third-order valence-corrected chi connectivity index (χ3v) is 2.24. The normalized spacial score (nSPS) is 12.2. The number of halogens is 1. The van der Waals surface area contributed by atoms with E-state index in [1.54, 1.807) is 0 Å². The second kappa shape index (κ2) is 7.40. The number of nitrogens with one attached hydrogen (secondary N) is 1. The first-order chi connectivity index (χ1) is 5.70. The molecule has 0 saturated heterocycles. The predicted octanol–water partition coefficient (Wildman–Crippen LogP) is 2.30. The molecule has 1 amide bonds. The Morgan fingerprint density at radius 1 is 1.67 bits per heavy atom. The van der Waals surface area contributed by atoms with Crippen LogP contribution in [-0.4, -0.2) is 24.1 Å². The number of ether oxygens (including phenoxy) is 1. The van der Waals surface area contributed by atoms with E-state index in [1.165, 1.54) is 0 Å². The topological polar surface area (TPSA) is 38.3 Å². The highest BCUT2D eigenvalue weighted by molar-refractivity contribution is 9.09. The van der Waals surface area contributed by atoms with Crippen molar-refractivity contribution in [3.63, 3.8) is 0 Å². The van der Waals surface area contributed by atoms with Crippen molar-refractivity contribution in [2.75, 3.05) is 11.9 Å². The van der Waals surface area contributed by atoms with E-state index in [9.17, 15) is 4.79 Å². The van der Waals surface area contributed by atoms with Crippen LogP contribution in [-0.2, 0) is 4.74 Å². The Kier molecular flexibility index (Phi) is 7.25. The molecule has 0 saturated carbocycles. The number of amides is 1. The molecule has 0 aromatic carbocycles. The summed E-state index contributed by atoms with van der Waals surface area (Å²) in [5, 5.41) is 3.34. The largest absolute Gasteiger partial charge is 0.446 e. The Morgan fingerprint density at radius 3 is 2.83 bits per heavy atom. The SMILES string of the molecule is CCCCNC(=O)OC(C)CBr. The van der Waals surface area contributed by atoms with Crippen LogP contribution < -0.4 is 5.32 Å². The van der Waals surface area contributed by atoms with Crippen molar-refractivity contribution >= 4 is 22.0 Å². The Balaban J connectivity index is 3.33. The zero-order chi connectivity index (χ0) is 9.40. The Bertz CT molecular complexity index is 130. The van der Waals surface area contributed by atoms with E-state index in [2.05, 4.69) is 28.2 Å². The summed E-state index contributed by atoms with van der Waals surface area (Å²) in [6, 6.07) is 0. The van der Waals surface area contributed by atoms with E-state index < -0.39 is 0 Å². The lowest BCUT2D eigenvalue weighted by Crippen LogP contribution is -2.29. The third kappa shape index (κ3) is 6.46. The number of unbranched alkanes of at least 4 members (excludes halogenated alkanes) is 1. The summed E-state index contributed by atoms with van der Waals surface area (Å²) in [5.41, 5.74) is 0. The summed E-state index contributed by atoms with van der Waals surface area (Å²) in [6.45, 7) is 4.62. The standard InChI is InChI=1S/C8H16BrNO2/c1-3-4-5-10-8(11)12-7(2)6-9/h7H,3-6H2,1-2H3,(H,10,11). The average Bonchev–Trinajstić information content (AvgIpc) is 2.05. The number of hydrogen-bond donors (Lipinski definition) is 1. The van der Waals surface area contributed by atoms with Crippen molar-refractivity contribution in [1.29, 1.82) is 0 Å². The summed E-state index contributed by atoms with van der Waals surface area (Å²) in [5.74, 6) is 0. The van der Waals surface area contributed by atoms with Gasteiger partial charge in [-0.2, -0.15) is 0 Å². The van der Waals surface area contributed by atoms with Crippen molar-refractivity contribution in [3.8, 4) is 0 Å². The fraction of sp³-hybridized carbons (Fsp3) is 0.875. The summed E-state index contributed by atoms with van der Waals surface area (Å²) in [6.07, 6.45) is 1.69. The second-order valence-corrected chi connectivity index (χ2v) is 3.30. The van der Waals surface area contributed by atoms with E-state index in [0.29, 0.717) is 11.9 Å². The maximum Gasteiger partial charge on any atom is 0.407 e. The van der Waals surface area contributed by atoms with Crippen LogP contribution in [0.25, 0.3) is 0 Å². The predicted molar refractivity (Wildman–Crippen MR) is 52.6 cm³/mol. The molecule has 1 atom stereocenters. The zero-order valence-corrected chi connectivity index (χ0v) is 9.19. The number of alkyl carbamates (subject to hydrolysis) is 1. The van der Waals surface area contributed by atoms with Gasteiger partial charge in [-0.05, 0) is 13.3 Å². The van der Waals surface area contributed by atoms with Gasteiger partial charge in [-0.3, -0.25) is 0 Å². The quantitative estimate of drug-likeness (QED) is 0.589. The van der Waals surface area contributed by atoms with Crippen LogP contribution in [0.15, 0.2) is 0 Å². The summed E-state index contributed by atoms with van der Waals surface area (Å²) in [4.78, 5) is 10.9. The number of hydrogen-bond acceptors (Lipinski definition) is 2. The van der Waals surface area contributed by atoms with Gasteiger partial charge in [0.1, 0.15) is 6.10 Å². The lowest BCUT2D eigenvalue weighted by atomic mass is 10.3. The first-order valence-electron chi connectivity index (χ1n) is 4.21. The molecule has 0 aliphatic heterocycles. The molecule has 0 aliphatic rings. The maximum absolute atomic E-state index is 10.9. The van der Waals surface area contributed by atoms with Crippen LogP contribution in [0.5, 0.6) is 0 Å². The number of carbonyl (C=O) groups excluding carboxylic acids is 1. The highest BCUT2D eigenvalue weighted by Crippen LogP contribution is 1.95. The minimum atomic E-state index is -0.324. The summed E-state index contributed by atoms with van der Waals surface area (Å²) < 4.78 is 4.95. The maximum atomic E-state index is 10.9. The van der Waals surface area contributed by atoms with Gasteiger partial charge in [0.05, 0.1) is 0 Å². The molecule has 0 bridgehead atoms. The molecular weight excluding hydrogens is 222 g/mol. The van der Waals surface area contributed by atoms with Gasteiger partial charge in [0.2, 0.25) is 0 Å². The zero-order valence-electron chi connectivity index (χ0n) is 7.60. The number of carbonyl (C=O) groups is 1. The molecule has 0 aromatic heterocycles. The first kappa shape index (κ1) is 11.8. The molecule has 1 N–H and O–H groups in total. The highest BCUT2D eigenvalue weighted by Gasteiger charge is 2.05. The minimum absolute atomic E-state index is 0.0633. The highest BCUT2D eigenvalue weighted by atomic mass is 79.9. The molecule has 0 aliphatic carbocycles. The van der Waals surface area contributed by atoms with Gasteiger partial charge in [0, 0.05) is 11.9 Å². The number of rotatable bonds is 5. The fourth-order valence-corrected chi connectivity index (χ4v) is 0.755. The molecule has 3 nitrogen and oxygen atoms in total. The van der Waals surface area contributed by atoms with Gasteiger partial charge in [0.15, 0.2) is 0 Å². The monoisotopic (exact) mass is 237 g/mol. The second-order valence-electron chi connectivity index (χ2n) is 2.65. The molecule has 72 valence electrons. The minimum Gasteiger partial charge on any atom is -0.446 e. The van der Waals surface area contributed by atoms with Crippen LogP contribution in [0.4, 0.5) is 4.79 Å². The van der Waals surface area contributed by atoms with Crippen LogP contribution in [0.1, 0.15) is 26.7 Å². The Hall–Kier alpha value is -0.250. The lowest BCUT2D eigenvalue weighted by Gasteiger charge is -2.10. The molecule has 0 fully saturated rings. The van der Waals surface area contributed by atoms with Gasteiger partial charge < -0.3 is 10.1 Å². The molecule has 0 spiro atoms. The van der Waals surface area contributed by atoms with Crippen LogP contribution in [0, 0.1) is 0 Å². The smallest absolute Gasteiger partial charge is 0.407 e. The van der Waals surface area contributed by atoms with Crippen LogP contribution >= 0.6 is 15.9 Å². The van der Waals surface area contributed by atoms with Gasteiger partial charge in [-0.15, -0.1) is 0 Å². The molecular formula is C8H16BrNO2. The molecule has 4 heteroatoms. The van der Waals surface area contributed by atoms with E-state index in [-0.39, 0.29) is 12.2 Å². The van der Waals surface area contributed by atoms with E-state index in [4.69, 9.17) is 4.74 Å². The van der Waals surface area contributed by atoms with Gasteiger partial charge >= 0.3 is 6.09 Å². The van der Waals surface area contributed by atoms with Crippen LogP contribution in [0.2, 0.25) is 0 Å². The van der Waals surface area contributed by atoms with Crippen molar-refractivity contribution in [2.24, 2.45) is 0 Å². The molecule has 0 heterocycles.